The number of anilines is 1. The topological polar surface area (TPSA) is 93.5 Å². The SMILES string of the molecule is CN(C(=O)Oc1ccc(CCNS(=O)(=O)c2cn(C)cn2)cc1)c1ccccc1. The van der Waals surface area contributed by atoms with Gasteiger partial charge in [-0.1, -0.05) is 30.3 Å². The average Bonchev–Trinajstić information content (AvgIpc) is 3.16. The Morgan fingerprint density at radius 2 is 1.83 bits per heavy atom. The molecule has 1 N–H and O–H groups in total. The first-order valence-electron chi connectivity index (χ1n) is 8.92. The van der Waals surface area contributed by atoms with Crippen LogP contribution >= 0.6 is 0 Å². The molecule has 0 aliphatic rings. The monoisotopic (exact) mass is 414 g/mol. The number of amides is 1. The molecule has 0 spiro atoms. The fourth-order valence-corrected chi connectivity index (χ4v) is 3.59. The molecule has 1 amide bonds. The summed E-state index contributed by atoms with van der Waals surface area (Å²) in [6.45, 7) is 0.231. The van der Waals surface area contributed by atoms with E-state index in [2.05, 4.69) is 9.71 Å². The lowest BCUT2D eigenvalue weighted by molar-refractivity contribution is 0.209. The van der Waals surface area contributed by atoms with Crippen LogP contribution in [0.3, 0.4) is 0 Å². The van der Waals surface area contributed by atoms with Crippen LogP contribution in [0.15, 0.2) is 72.1 Å². The zero-order valence-corrected chi connectivity index (χ0v) is 17.0. The number of ether oxygens (including phenoxy) is 1. The van der Waals surface area contributed by atoms with Gasteiger partial charge in [-0.2, -0.15) is 0 Å². The van der Waals surface area contributed by atoms with Gasteiger partial charge in [-0.25, -0.2) is 22.9 Å². The van der Waals surface area contributed by atoms with Crippen molar-refractivity contribution in [3.8, 4) is 5.75 Å². The number of sulfonamides is 1. The largest absolute Gasteiger partial charge is 0.419 e. The van der Waals surface area contributed by atoms with Gasteiger partial charge >= 0.3 is 6.09 Å². The van der Waals surface area contributed by atoms with Crippen LogP contribution in [-0.2, 0) is 23.5 Å². The van der Waals surface area contributed by atoms with Crippen LogP contribution in [0.25, 0.3) is 0 Å². The van der Waals surface area contributed by atoms with E-state index in [1.54, 1.807) is 42.9 Å². The molecule has 3 rings (SSSR count). The first-order valence-corrected chi connectivity index (χ1v) is 10.4. The number of imidazole rings is 1. The number of aromatic nitrogens is 2. The van der Waals surface area contributed by atoms with Crippen molar-refractivity contribution in [2.24, 2.45) is 7.05 Å². The van der Waals surface area contributed by atoms with E-state index in [1.807, 2.05) is 30.3 Å². The Morgan fingerprint density at radius 1 is 1.14 bits per heavy atom. The van der Waals surface area contributed by atoms with Crippen molar-refractivity contribution in [3.63, 3.8) is 0 Å². The molecule has 0 atom stereocenters. The number of nitrogens with zero attached hydrogens (tertiary/aromatic N) is 3. The van der Waals surface area contributed by atoms with Crippen LogP contribution in [0.4, 0.5) is 10.5 Å². The molecule has 2 aromatic carbocycles. The highest BCUT2D eigenvalue weighted by atomic mass is 32.2. The van der Waals surface area contributed by atoms with Crippen LogP contribution in [0.5, 0.6) is 5.75 Å². The Kier molecular flexibility index (Phi) is 6.30. The lowest BCUT2D eigenvalue weighted by Gasteiger charge is -2.16. The average molecular weight is 414 g/mol. The minimum Gasteiger partial charge on any atom is -0.410 e. The smallest absolute Gasteiger partial charge is 0.410 e. The maximum absolute atomic E-state index is 12.2. The first kappa shape index (κ1) is 20.6. The second kappa shape index (κ2) is 8.89. The summed E-state index contributed by atoms with van der Waals surface area (Å²) in [6.07, 6.45) is 2.87. The summed E-state index contributed by atoms with van der Waals surface area (Å²) >= 11 is 0. The third-order valence-corrected chi connectivity index (χ3v) is 5.55. The summed E-state index contributed by atoms with van der Waals surface area (Å²) in [5, 5.41) is -0.00945. The predicted molar refractivity (Wildman–Crippen MR) is 109 cm³/mol. The summed E-state index contributed by atoms with van der Waals surface area (Å²) in [4.78, 5) is 17.5. The number of hydrogen-bond acceptors (Lipinski definition) is 5. The number of nitrogens with one attached hydrogen (secondary N) is 1. The van der Waals surface area contributed by atoms with Crippen LogP contribution in [-0.4, -0.2) is 37.7 Å². The van der Waals surface area contributed by atoms with E-state index in [-0.39, 0.29) is 11.6 Å². The molecule has 0 unspecified atom stereocenters. The van der Waals surface area contributed by atoms with Crippen LogP contribution in [0.2, 0.25) is 0 Å². The van der Waals surface area contributed by atoms with Gasteiger partial charge in [-0.05, 0) is 36.2 Å². The van der Waals surface area contributed by atoms with Gasteiger partial charge in [-0.15, -0.1) is 0 Å². The first-order chi connectivity index (χ1) is 13.8. The molecule has 1 aromatic heterocycles. The van der Waals surface area contributed by atoms with Crippen LogP contribution < -0.4 is 14.4 Å². The normalized spacial score (nSPS) is 11.2. The lowest BCUT2D eigenvalue weighted by atomic mass is 10.1. The fraction of sp³-hybridized carbons (Fsp3) is 0.200. The van der Waals surface area contributed by atoms with Gasteiger partial charge in [-0.3, -0.25) is 4.90 Å². The molecular formula is C20H22N4O4S. The van der Waals surface area contributed by atoms with E-state index in [1.165, 1.54) is 17.4 Å². The van der Waals surface area contributed by atoms with Crippen molar-refractivity contribution in [1.29, 1.82) is 0 Å². The molecule has 1 heterocycles. The number of carbonyl (C=O) groups is 1. The van der Waals surface area contributed by atoms with Gasteiger partial charge < -0.3 is 9.30 Å². The highest BCUT2D eigenvalue weighted by molar-refractivity contribution is 7.89. The molecule has 8 nitrogen and oxygen atoms in total. The molecule has 9 heteroatoms. The second-order valence-corrected chi connectivity index (χ2v) is 8.15. The predicted octanol–water partition coefficient (Wildman–Crippen LogP) is 2.58. The van der Waals surface area contributed by atoms with Gasteiger partial charge in [0.1, 0.15) is 5.75 Å². The van der Waals surface area contributed by atoms with Crippen molar-refractivity contribution in [1.82, 2.24) is 14.3 Å². The van der Waals surface area contributed by atoms with Crippen molar-refractivity contribution >= 4 is 21.8 Å². The van der Waals surface area contributed by atoms with Gasteiger partial charge in [0.05, 0.1) is 6.33 Å². The maximum Gasteiger partial charge on any atom is 0.419 e. The molecule has 3 aromatic rings. The molecule has 0 aliphatic carbocycles. The summed E-state index contributed by atoms with van der Waals surface area (Å²) < 4.78 is 33.7. The number of carbonyl (C=O) groups excluding carboxylic acids is 1. The van der Waals surface area contributed by atoms with Gasteiger partial charge in [0, 0.05) is 32.5 Å². The zero-order valence-electron chi connectivity index (χ0n) is 16.1. The van der Waals surface area contributed by atoms with Crippen molar-refractivity contribution in [3.05, 3.63) is 72.7 Å². The standard InChI is InChI=1S/C20H22N4O4S/c1-23-14-19(21-15-23)29(26,27)22-13-12-16-8-10-18(11-9-16)28-20(25)24(2)17-6-4-3-5-7-17/h3-11,14-15,22H,12-13H2,1-2H3. The lowest BCUT2D eigenvalue weighted by Crippen LogP contribution is -2.29. The van der Waals surface area contributed by atoms with E-state index >= 15 is 0 Å². The van der Waals surface area contributed by atoms with E-state index < -0.39 is 16.1 Å². The third-order valence-electron chi connectivity index (χ3n) is 4.21. The summed E-state index contributed by atoms with van der Waals surface area (Å²) in [6, 6.07) is 16.1. The number of aryl methyl sites for hydroxylation is 1. The zero-order chi connectivity index (χ0) is 20.9. The Hall–Kier alpha value is -3.17. The molecule has 0 fully saturated rings. The van der Waals surface area contributed by atoms with Crippen molar-refractivity contribution in [2.45, 2.75) is 11.4 Å². The Bertz CT molecular complexity index is 1060. The van der Waals surface area contributed by atoms with E-state index in [9.17, 15) is 13.2 Å². The van der Waals surface area contributed by atoms with Crippen LogP contribution in [0, 0.1) is 0 Å². The highest BCUT2D eigenvalue weighted by Crippen LogP contribution is 2.17. The van der Waals surface area contributed by atoms with Crippen LogP contribution in [0.1, 0.15) is 5.56 Å². The van der Waals surface area contributed by atoms with Gasteiger partial charge in [0.25, 0.3) is 10.0 Å². The Balaban J connectivity index is 1.52. The molecule has 29 heavy (non-hydrogen) atoms. The van der Waals surface area contributed by atoms with E-state index in [4.69, 9.17) is 4.74 Å². The van der Waals surface area contributed by atoms with Gasteiger partial charge in [0.2, 0.25) is 0 Å². The molecule has 0 saturated heterocycles. The number of hydrogen-bond donors (Lipinski definition) is 1. The maximum atomic E-state index is 12.2. The summed E-state index contributed by atoms with van der Waals surface area (Å²) in [5.41, 5.74) is 1.64. The van der Waals surface area contributed by atoms with Gasteiger partial charge in [0.15, 0.2) is 5.03 Å². The minimum absolute atomic E-state index is 0.00945. The molecule has 152 valence electrons. The molecular weight excluding hydrogens is 392 g/mol. The van der Waals surface area contributed by atoms with Crippen molar-refractivity contribution in [2.75, 3.05) is 18.5 Å². The Labute approximate surface area is 169 Å². The number of benzene rings is 2. The Morgan fingerprint density at radius 3 is 2.45 bits per heavy atom. The minimum atomic E-state index is -3.63. The number of para-hydroxylation sites is 1. The summed E-state index contributed by atoms with van der Waals surface area (Å²) in [5.74, 6) is 0.413. The molecule has 0 bridgehead atoms. The second-order valence-electron chi connectivity index (χ2n) is 6.43. The quantitative estimate of drug-likeness (QED) is 0.641. The highest BCUT2D eigenvalue weighted by Gasteiger charge is 2.16. The van der Waals surface area contributed by atoms with E-state index in [0.29, 0.717) is 12.2 Å². The third kappa shape index (κ3) is 5.43. The molecule has 0 radical (unpaired) electrons. The van der Waals surface area contributed by atoms with E-state index in [0.717, 1.165) is 11.3 Å². The van der Waals surface area contributed by atoms with Crippen molar-refractivity contribution < 1.29 is 17.9 Å². The fourth-order valence-electron chi connectivity index (χ4n) is 2.58. The summed E-state index contributed by atoms with van der Waals surface area (Å²) in [7, 11) is -0.281. The molecule has 0 aliphatic heterocycles. The number of rotatable bonds is 7. The molecule has 0 saturated carbocycles.